The molecule has 20 heavy (non-hydrogen) atoms. The van der Waals surface area contributed by atoms with E-state index in [-0.39, 0.29) is 0 Å². The summed E-state index contributed by atoms with van der Waals surface area (Å²) in [6, 6.07) is 0. The van der Waals surface area contributed by atoms with E-state index in [0.29, 0.717) is 31.8 Å². The third-order valence-electron chi connectivity index (χ3n) is 3.98. The van der Waals surface area contributed by atoms with Crippen LogP contribution in [-0.4, -0.2) is 50.2 Å². The second-order valence-electron chi connectivity index (χ2n) is 5.96. The Labute approximate surface area is 124 Å². The molecule has 1 saturated carbocycles. The van der Waals surface area contributed by atoms with Crippen LogP contribution in [0.1, 0.15) is 52.4 Å². The van der Waals surface area contributed by atoms with Crippen LogP contribution in [0.5, 0.6) is 0 Å². The van der Waals surface area contributed by atoms with Gasteiger partial charge >= 0.3 is 0 Å². The Morgan fingerprint density at radius 1 is 1.25 bits per heavy atom. The van der Waals surface area contributed by atoms with Crippen molar-refractivity contribution >= 4 is 0 Å². The first-order valence-corrected chi connectivity index (χ1v) is 8.32. The highest BCUT2D eigenvalue weighted by Crippen LogP contribution is 2.26. The van der Waals surface area contributed by atoms with E-state index in [4.69, 9.17) is 9.47 Å². The van der Waals surface area contributed by atoms with Crippen molar-refractivity contribution in [2.45, 2.75) is 64.6 Å². The predicted molar refractivity (Wildman–Crippen MR) is 82.0 cm³/mol. The van der Waals surface area contributed by atoms with Crippen molar-refractivity contribution in [2.24, 2.45) is 5.92 Å². The Kier molecular flexibility index (Phi) is 10.3. The van der Waals surface area contributed by atoms with Crippen molar-refractivity contribution in [3.63, 3.8) is 0 Å². The molecule has 0 aromatic carbocycles. The fourth-order valence-electron chi connectivity index (χ4n) is 2.58. The largest absolute Gasteiger partial charge is 0.389 e. The van der Waals surface area contributed by atoms with Crippen molar-refractivity contribution in [1.82, 2.24) is 5.32 Å². The van der Waals surface area contributed by atoms with Gasteiger partial charge in [0.1, 0.15) is 0 Å². The molecule has 4 heteroatoms. The van der Waals surface area contributed by atoms with Crippen LogP contribution in [0.25, 0.3) is 0 Å². The van der Waals surface area contributed by atoms with Crippen molar-refractivity contribution < 1.29 is 14.6 Å². The van der Waals surface area contributed by atoms with Crippen molar-refractivity contribution in [3.8, 4) is 0 Å². The van der Waals surface area contributed by atoms with Gasteiger partial charge in [0.05, 0.1) is 25.4 Å². The second-order valence-corrected chi connectivity index (χ2v) is 5.96. The number of aliphatic hydroxyl groups excluding tert-OH is 1. The lowest BCUT2D eigenvalue weighted by Crippen LogP contribution is -2.35. The van der Waals surface area contributed by atoms with E-state index < -0.39 is 6.10 Å². The molecule has 1 aliphatic carbocycles. The number of aliphatic hydroxyl groups is 1. The minimum Gasteiger partial charge on any atom is -0.389 e. The monoisotopic (exact) mass is 287 g/mol. The van der Waals surface area contributed by atoms with Gasteiger partial charge in [0, 0.05) is 19.7 Å². The van der Waals surface area contributed by atoms with Crippen molar-refractivity contribution in [2.75, 3.05) is 32.9 Å². The van der Waals surface area contributed by atoms with Gasteiger partial charge in [-0.15, -0.1) is 0 Å². The SMILES string of the molecule is CCCCOCCNCC(O)COC1CCCCC1C. The minimum absolute atomic E-state index is 0.343. The fraction of sp³-hybridized carbons (Fsp3) is 1.00. The summed E-state index contributed by atoms with van der Waals surface area (Å²) in [7, 11) is 0. The summed E-state index contributed by atoms with van der Waals surface area (Å²) < 4.78 is 11.3. The number of ether oxygens (including phenoxy) is 2. The maximum absolute atomic E-state index is 9.88. The lowest BCUT2D eigenvalue weighted by Gasteiger charge is -2.29. The third-order valence-corrected chi connectivity index (χ3v) is 3.98. The van der Waals surface area contributed by atoms with E-state index in [1.807, 2.05) is 0 Å². The van der Waals surface area contributed by atoms with Crippen LogP contribution in [0.2, 0.25) is 0 Å². The van der Waals surface area contributed by atoms with Gasteiger partial charge in [0.2, 0.25) is 0 Å². The minimum atomic E-state index is -0.417. The summed E-state index contributed by atoms with van der Waals surface area (Å²) in [5, 5.41) is 13.1. The Balaban J connectivity index is 1.93. The number of hydrogen-bond donors (Lipinski definition) is 2. The van der Waals surface area contributed by atoms with Gasteiger partial charge in [-0.2, -0.15) is 0 Å². The normalized spacial score (nSPS) is 24.8. The molecule has 0 amide bonds. The van der Waals surface area contributed by atoms with E-state index >= 15 is 0 Å². The molecule has 0 radical (unpaired) electrons. The van der Waals surface area contributed by atoms with Crippen molar-refractivity contribution in [3.05, 3.63) is 0 Å². The molecular weight excluding hydrogens is 254 g/mol. The van der Waals surface area contributed by atoms with Crippen LogP contribution in [-0.2, 0) is 9.47 Å². The fourth-order valence-corrected chi connectivity index (χ4v) is 2.58. The highest BCUT2D eigenvalue weighted by atomic mass is 16.5. The molecule has 0 saturated heterocycles. The molecule has 0 aromatic heterocycles. The molecule has 1 rings (SSSR count). The predicted octanol–water partition coefficient (Wildman–Crippen LogP) is 2.35. The molecular formula is C16H33NO3. The van der Waals surface area contributed by atoms with Gasteiger partial charge in [-0.1, -0.05) is 33.1 Å². The van der Waals surface area contributed by atoms with E-state index in [1.165, 1.54) is 25.7 Å². The summed E-state index contributed by atoms with van der Waals surface area (Å²) in [4.78, 5) is 0. The third kappa shape index (κ3) is 8.20. The molecule has 4 nitrogen and oxygen atoms in total. The van der Waals surface area contributed by atoms with Gasteiger partial charge in [0.15, 0.2) is 0 Å². The Morgan fingerprint density at radius 3 is 2.80 bits per heavy atom. The zero-order valence-electron chi connectivity index (χ0n) is 13.3. The molecule has 120 valence electrons. The molecule has 3 atom stereocenters. The average molecular weight is 287 g/mol. The number of hydrogen-bond acceptors (Lipinski definition) is 4. The van der Waals surface area contributed by atoms with E-state index in [0.717, 1.165) is 26.0 Å². The maximum Gasteiger partial charge on any atom is 0.0897 e. The first-order chi connectivity index (χ1) is 9.74. The quantitative estimate of drug-likeness (QED) is 0.573. The van der Waals surface area contributed by atoms with Gasteiger partial charge in [-0.3, -0.25) is 0 Å². The molecule has 0 spiro atoms. The number of unbranched alkanes of at least 4 members (excludes halogenated alkanes) is 1. The van der Waals surface area contributed by atoms with Crippen LogP contribution < -0.4 is 5.32 Å². The molecule has 0 aliphatic heterocycles. The highest BCUT2D eigenvalue weighted by Gasteiger charge is 2.22. The lowest BCUT2D eigenvalue weighted by atomic mass is 9.88. The van der Waals surface area contributed by atoms with Gasteiger partial charge in [0.25, 0.3) is 0 Å². The number of rotatable bonds is 11. The Morgan fingerprint density at radius 2 is 2.05 bits per heavy atom. The van der Waals surface area contributed by atoms with E-state index in [1.54, 1.807) is 0 Å². The molecule has 0 bridgehead atoms. The van der Waals surface area contributed by atoms with Crippen LogP contribution in [0.15, 0.2) is 0 Å². The standard InChI is InChI=1S/C16H33NO3/c1-3-4-10-19-11-9-17-12-15(18)13-20-16-8-6-5-7-14(16)2/h14-18H,3-13H2,1-2H3. The Hall–Kier alpha value is -0.160. The van der Waals surface area contributed by atoms with Gasteiger partial charge in [-0.05, 0) is 25.2 Å². The van der Waals surface area contributed by atoms with Crippen molar-refractivity contribution in [1.29, 1.82) is 0 Å². The van der Waals surface area contributed by atoms with Crippen LogP contribution >= 0.6 is 0 Å². The molecule has 0 heterocycles. The van der Waals surface area contributed by atoms with Gasteiger partial charge < -0.3 is 19.9 Å². The average Bonchev–Trinajstić information content (AvgIpc) is 2.45. The number of nitrogens with one attached hydrogen (secondary N) is 1. The Bertz CT molecular complexity index is 226. The van der Waals surface area contributed by atoms with Crippen LogP contribution in [0.4, 0.5) is 0 Å². The summed E-state index contributed by atoms with van der Waals surface area (Å²) in [6.07, 6.45) is 7.21. The zero-order chi connectivity index (χ0) is 14.6. The summed E-state index contributed by atoms with van der Waals surface area (Å²) >= 11 is 0. The summed E-state index contributed by atoms with van der Waals surface area (Å²) in [5.74, 6) is 0.635. The summed E-state index contributed by atoms with van der Waals surface area (Å²) in [5.41, 5.74) is 0. The van der Waals surface area contributed by atoms with E-state index in [9.17, 15) is 5.11 Å². The zero-order valence-corrected chi connectivity index (χ0v) is 13.3. The van der Waals surface area contributed by atoms with Crippen LogP contribution in [0.3, 0.4) is 0 Å². The smallest absolute Gasteiger partial charge is 0.0897 e. The summed E-state index contributed by atoms with van der Waals surface area (Å²) in [6.45, 7) is 7.78. The van der Waals surface area contributed by atoms with Crippen LogP contribution in [0, 0.1) is 5.92 Å². The first-order valence-electron chi connectivity index (χ1n) is 8.32. The van der Waals surface area contributed by atoms with E-state index in [2.05, 4.69) is 19.2 Å². The first kappa shape index (κ1) is 17.9. The molecule has 3 unspecified atom stereocenters. The molecule has 1 aliphatic rings. The second kappa shape index (κ2) is 11.5. The topological polar surface area (TPSA) is 50.7 Å². The molecule has 0 aromatic rings. The molecule has 2 N–H and O–H groups in total. The highest BCUT2D eigenvalue weighted by molar-refractivity contribution is 4.73. The lowest BCUT2D eigenvalue weighted by molar-refractivity contribution is -0.0453. The van der Waals surface area contributed by atoms with Gasteiger partial charge in [-0.25, -0.2) is 0 Å². The maximum atomic E-state index is 9.88. The molecule has 1 fully saturated rings.